The van der Waals surface area contributed by atoms with Crippen molar-refractivity contribution >= 4 is 41.0 Å². The molecule has 3 nitrogen and oxygen atoms in total. The average Bonchev–Trinajstić information content (AvgIpc) is 3.15. The molecule has 1 heterocycles. The first-order valence-corrected chi connectivity index (χ1v) is 10.6. The zero-order valence-corrected chi connectivity index (χ0v) is 16.3. The molecule has 6 heteroatoms. The molecule has 132 valence electrons. The van der Waals surface area contributed by atoms with Crippen molar-refractivity contribution in [2.24, 2.45) is 0 Å². The zero-order valence-electron chi connectivity index (χ0n) is 13.9. The molecule has 1 saturated heterocycles. The van der Waals surface area contributed by atoms with Crippen molar-refractivity contribution in [3.05, 3.63) is 64.7 Å². The standard InChI is InChI=1S/C19H20ClNO2S2/c1-13(14-6-2-4-8-16(14)20)21-18(22)12-23-17-9-5-3-7-15(17)19-24-10-11-25-19/h2-9,13,19H,10-12H2,1H3,(H,21,22). The van der Waals surface area contributed by atoms with E-state index in [0.717, 1.165) is 28.4 Å². The van der Waals surface area contributed by atoms with Gasteiger partial charge in [0, 0.05) is 22.1 Å². The first-order valence-electron chi connectivity index (χ1n) is 8.14. The Labute approximate surface area is 161 Å². The summed E-state index contributed by atoms with van der Waals surface area (Å²) < 4.78 is 6.20. The first-order chi connectivity index (χ1) is 12.1. The molecule has 2 aromatic carbocycles. The van der Waals surface area contributed by atoms with E-state index in [1.165, 1.54) is 0 Å². The highest BCUT2D eigenvalue weighted by Gasteiger charge is 2.22. The fourth-order valence-corrected chi connectivity index (χ4v) is 5.88. The summed E-state index contributed by atoms with van der Waals surface area (Å²) in [5, 5.41) is 3.59. The van der Waals surface area contributed by atoms with E-state index in [0.29, 0.717) is 9.60 Å². The van der Waals surface area contributed by atoms with Crippen molar-refractivity contribution in [2.45, 2.75) is 17.5 Å². The minimum absolute atomic E-state index is 0.00609. The highest BCUT2D eigenvalue weighted by Crippen LogP contribution is 2.48. The molecule has 1 fully saturated rings. The van der Waals surface area contributed by atoms with Gasteiger partial charge in [-0.05, 0) is 24.6 Å². The molecule has 0 saturated carbocycles. The maximum absolute atomic E-state index is 12.3. The summed E-state index contributed by atoms with van der Waals surface area (Å²) in [6.07, 6.45) is 0. The van der Waals surface area contributed by atoms with Gasteiger partial charge in [-0.2, -0.15) is 0 Å². The van der Waals surface area contributed by atoms with E-state index in [1.54, 1.807) is 0 Å². The van der Waals surface area contributed by atoms with Crippen molar-refractivity contribution in [1.82, 2.24) is 5.32 Å². The van der Waals surface area contributed by atoms with E-state index in [2.05, 4.69) is 11.4 Å². The molecule has 0 spiro atoms. The number of amides is 1. The molecule has 2 aromatic rings. The Morgan fingerprint density at radius 2 is 1.88 bits per heavy atom. The molecule has 0 bridgehead atoms. The minimum Gasteiger partial charge on any atom is -0.483 e. The van der Waals surface area contributed by atoms with E-state index in [1.807, 2.05) is 72.9 Å². The van der Waals surface area contributed by atoms with Crippen LogP contribution in [0.4, 0.5) is 0 Å². The van der Waals surface area contributed by atoms with Crippen molar-refractivity contribution in [3.8, 4) is 5.75 Å². The monoisotopic (exact) mass is 393 g/mol. The van der Waals surface area contributed by atoms with E-state index in [9.17, 15) is 4.79 Å². The molecule has 1 N–H and O–H groups in total. The number of benzene rings is 2. The van der Waals surface area contributed by atoms with Gasteiger partial charge in [-0.15, -0.1) is 23.5 Å². The van der Waals surface area contributed by atoms with Crippen LogP contribution in [-0.4, -0.2) is 24.0 Å². The van der Waals surface area contributed by atoms with Crippen LogP contribution in [0.25, 0.3) is 0 Å². The Bertz CT molecular complexity index is 735. The highest BCUT2D eigenvalue weighted by atomic mass is 35.5. The summed E-state index contributed by atoms with van der Waals surface area (Å²) in [7, 11) is 0. The van der Waals surface area contributed by atoms with Crippen molar-refractivity contribution in [2.75, 3.05) is 18.1 Å². The van der Waals surface area contributed by atoms with Gasteiger partial charge < -0.3 is 10.1 Å². The van der Waals surface area contributed by atoms with Gasteiger partial charge in [-0.1, -0.05) is 48.0 Å². The highest BCUT2D eigenvalue weighted by molar-refractivity contribution is 8.19. The molecular formula is C19H20ClNO2S2. The molecule has 1 amide bonds. The second kappa shape index (κ2) is 8.88. The van der Waals surface area contributed by atoms with E-state index >= 15 is 0 Å². The van der Waals surface area contributed by atoms with Crippen LogP contribution in [0.5, 0.6) is 5.75 Å². The molecule has 3 rings (SSSR count). The van der Waals surface area contributed by atoms with Gasteiger partial charge >= 0.3 is 0 Å². The quantitative estimate of drug-likeness (QED) is 0.743. The van der Waals surface area contributed by atoms with Crippen molar-refractivity contribution in [1.29, 1.82) is 0 Å². The molecule has 0 aliphatic carbocycles. The summed E-state index contributed by atoms with van der Waals surface area (Å²) in [6, 6.07) is 15.3. The Balaban J connectivity index is 1.58. The second-order valence-electron chi connectivity index (χ2n) is 5.71. The SMILES string of the molecule is CC(NC(=O)COc1ccccc1C1SCCS1)c1ccccc1Cl. The van der Waals surface area contributed by atoms with Crippen molar-refractivity contribution < 1.29 is 9.53 Å². The van der Waals surface area contributed by atoms with E-state index in [-0.39, 0.29) is 18.6 Å². The van der Waals surface area contributed by atoms with E-state index in [4.69, 9.17) is 16.3 Å². The normalized spacial score (nSPS) is 15.8. The lowest BCUT2D eigenvalue weighted by Crippen LogP contribution is -2.31. The van der Waals surface area contributed by atoms with Gasteiger partial charge in [0.15, 0.2) is 6.61 Å². The van der Waals surface area contributed by atoms with Gasteiger partial charge in [-0.3, -0.25) is 4.79 Å². The van der Waals surface area contributed by atoms with Crippen LogP contribution in [0, 0.1) is 0 Å². The van der Waals surface area contributed by atoms with Crippen LogP contribution >= 0.6 is 35.1 Å². The summed E-state index contributed by atoms with van der Waals surface area (Å²) >= 11 is 10.0. The Morgan fingerprint density at radius 1 is 1.20 bits per heavy atom. The largest absolute Gasteiger partial charge is 0.483 e. The molecule has 1 unspecified atom stereocenters. The lowest BCUT2D eigenvalue weighted by molar-refractivity contribution is -0.123. The van der Waals surface area contributed by atoms with Crippen LogP contribution < -0.4 is 10.1 Å². The third-order valence-corrected chi connectivity index (χ3v) is 7.31. The number of hydrogen-bond acceptors (Lipinski definition) is 4. The van der Waals surface area contributed by atoms with Gasteiger partial charge in [0.1, 0.15) is 5.75 Å². The number of carbonyl (C=O) groups is 1. The Hall–Kier alpha value is -1.30. The zero-order chi connectivity index (χ0) is 17.6. The van der Waals surface area contributed by atoms with Gasteiger partial charge in [0.05, 0.1) is 10.6 Å². The van der Waals surface area contributed by atoms with E-state index < -0.39 is 0 Å². The molecule has 1 aliphatic heterocycles. The summed E-state index contributed by atoms with van der Waals surface area (Å²) in [4.78, 5) is 12.3. The van der Waals surface area contributed by atoms with Crippen LogP contribution in [0.2, 0.25) is 5.02 Å². The molecule has 1 atom stereocenters. The number of ether oxygens (including phenoxy) is 1. The molecule has 1 aliphatic rings. The Kier molecular flexibility index (Phi) is 6.57. The van der Waals surface area contributed by atoms with Crippen molar-refractivity contribution in [3.63, 3.8) is 0 Å². The third kappa shape index (κ3) is 4.87. The lowest BCUT2D eigenvalue weighted by Gasteiger charge is -2.17. The fourth-order valence-electron chi connectivity index (χ4n) is 2.68. The maximum Gasteiger partial charge on any atom is 0.258 e. The molecule has 0 aromatic heterocycles. The van der Waals surface area contributed by atoms with Gasteiger partial charge in [0.2, 0.25) is 0 Å². The second-order valence-corrected chi connectivity index (χ2v) is 8.84. The topological polar surface area (TPSA) is 38.3 Å². The first kappa shape index (κ1) is 18.5. The van der Waals surface area contributed by atoms with Crippen LogP contribution in [0.1, 0.15) is 28.7 Å². The average molecular weight is 394 g/mol. The number of nitrogens with one attached hydrogen (secondary N) is 1. The molecule has 25 heavy (non-hydrogen) atoms. The van der Waals surface area contributed by atoms with Crippen LogP contribution in [0.15, 0.2) is 48.5 Å². The smallest absolute Gasteiger partial charge is 0.258 e. The number of rotatable bonds is 6. The molecule has 0 radical (unpaired) electrons. The number of thioether (sulfide) groups is 2. The molecular weight excluding hydrogens is 374 g/mol. The minimum atomic E-state index is -0.166. The fraction of sp³-hybridized carbons (Fsp3) is 0.316. The number of para-hydroxylation sites is 1. The predicted octanol–water partition coefficient (Wildman–Crippen LogP) is 5.07. The lowest BCUT2D eigenvalue weighted by atomic mass is 10.1. The number of carbonyl (C=O) groups excluding carboxylic acids is 1. The Morgan fingerprint density at radius 3 is 2.64 bits per heavy atom. The maximum atomic E-state index is 12.3. The number of hydrogen-bond donors (Lipinski definition) is 1. The summed E-state index contributed by atoms with van der Waals surface area (Å²) in [6.45, 7) is 1.91. The summed E-state index contributed by atoms with van der Waals surface area (Å²) in [5.74, 6) is 2.93. The van der Waals surface area contributed by atoms with Gasteiger partial charge in [0.25, 0.3) is 5.91 Å². The predicted molar refractivity (Wildman–Crippen MR) is 108 cm³/mol. The third-order valence-electron chi connectivity index (χ3n) is 3.90. The number of halogens is 1. The van der Waals surface area contributed by atoms with Crippen LogP contribution in [-0.2, 0) is 4.79 Å². The van der Waals surface area contributed by atoms with Crippen LogP contribution in [0.3, 0.4) is 0 Å². The summed E-state index contributed by atoms with van der Waals surface area (Å²) in [5.41, 5.74) is 2.05. The van der Waals surface area contributed by atoms with Gasteiger partial charge in [-0.25, -0.2) is 0 Å².